The molecule has 1 aliphatic rings. The standard InChI is InChI=1S/C18H16ClN3O2/c1-22-17-15(16(21-22)11-3-4-11)13(18(23)24-2)9-14(20-17)10-5-7-12(19)8-6-10/h5-9,11H,3-4H2,1-2H3. The Morgan fingerprint density at radius 1 is 1.29 bits per heavy atom. The molecule has 2 aromatic heterocycles. The molecule has 0 amide bonds. The summed E-state index contributed by atoms with van der Waals surface area (Å²) in [5.41, 5.74) is 3.75. The van der Waals surface area contributed by atoms with Crippen molar-refractivity contribution in [2.24, 2.45) is 7.05 Å². The minimum atomic E-state index is -0.368. The Morgan fingerprint density at radius 2 is 2.00 bits per heavy atom. The van der Waals surface area contributed by atoms with Crippen LogP contribution in [0.15, 0.2) is 30.3 Å². The van der Waals surface area contributed by atoms with Crippen LogP contribution in [-0.4, -0.2) is 27.8 Å². The highest BCUT2D eigenvalue weighted by atomic mass is 35.5. The average Bonchev–Trinajstić information content (AvgIpc) is 3.38. The first-order valence-electron chi connectivity index (χ1n) is 7.80. The molecular formula is C18H16ClN3O2. The normalized spacial score (nSPS) is 14.1. The molecule has 3 aromatic rings. The van der Waals surface area contributed by atoms with E-state index in [2.05, 4.69) is 5.10 Å². The van der Waals surface area contributed by atoms with Crippen molar-refractivity contribution < 1.29 is 9.53 Å². The Balaban J connectivity index is 1.99. The fourth-order valence-electron chi connectivity index (χ4n) is 2.96. The largest absolute Gasteiger partial charge is 0.465 e. The van der Waals surface area contributed by atoms with Gasteiger partial charge in [0, 0.05) is 23.6 Å². The summed E-state index contributed by atoms with van der Waals surface area (Å²) in [6, 6.07) is 9.16. The van der Waals surface area contributed by atoms with Crippen molar-refractivity contribution in [1.82, 2.24) is 14.8 Å². The molecule has 0 spiro atoms. The van der Waals surface area contributed by atoms with Crippen molar-refractivity contribution in [1.29, 1.82) is 0 Å². The van der Waals surface area contributed by atoms with Crippen LogP contribution in [0.2, 0.25) is 5.02 Å². The molecule has 0 aliphatic heterocycles. The molecular weight excluding hydrogens is 326 g/mol. The maximum Gasteiger partial charge on any atom is 0.338 e. The van der Waals surface area contributed by atoms with Crippen LogP contribution in [0.5, 0.6) is 0 Å². The molecule has 0 radical (unpaired) electrons. The predicted octanol–water partition coefficient (Wildman–Crippen LogP) is 3.95. The van der Waals surface area contributed by atoms with Crippen molar-refractivity contribution in [3.05, 3.63) is 46.6 Å². The van der Waals surface area contributed by atoms with Gasteiger partial charge in [0.05, 0.1) is 29.4 Å². The lowest BCUT2D eigenvalue weighted by Crippen LogP contribution is -2.04. The molecule has 122 valence electrons. The smallest absolute Gasteiger partial charge is 0.338 e. The molecule has 5 nitrogen and oxygen atoms in total. The van der Waals surface area contributed by atoms with Gasteiger partial charge in [0.2, 0.25) is 0 Å². The number of aromatic nitrogens is 3. The summed E-state index contributed by atoms with van der Waals surface area (Å²) in [6.45, 7) is 0. The van der Waals surface area contributed by atoms with Gasteiger partial charge in [-0.2, -0.15) is 5.10 Å². The van der Waals surface area contributed by atoms with E-state index in [9.17, 15) is 4.79 Å². The van der Waals surface area contributed by atoms with Crippen molar-refractivity contribution in [3.8, 4) is 11.3 Å². The zero-order valence-electron chi connectivity index (χ0n) is 13.4. The monoisotopic (exact) mass is 341 g/mol. The number of hydrogen-bond donors (Lipinski definition) is 0. The lowest BCUT2D eigenvalue weighted by Gasteiger charge is -2.07. The number of fused-ring (bicyclic) bond motifs is 1. The number of aryl methyl sites for hydroxylation is 1. The Morgan fingerprint density at radius 3 is 2.62 bits per heavy atom. The summed E-state index contributed by atoms with van der Waals surface area (Å²) >= 11 is 5.96. The molecule has 1 saturated carbocycles. The molecule has 0 N–H and O–H groups in total. The molecule has 1 fully saturated rings. The highest BCUT2D eigenvalue weighted by Crippen LogP contribution is 2.43. The van der Waals surface area contributed by atoms with Gasteiger partial charge in [-0.25, -0.2) is 9.78 Å². The minimum Gasteiger partial charge on any atom is -0.465 e. The molecule has 1 aliphatic carbocycles. The van der Waals surface area contributed by atoms with Crippen LogP contribution < -0.4 is 0 Å². The maximum atomic E-state index is 12.4. The third-order valence-electron chi connectivity index (χ3n) is 4.33. The predicted molar refractivity (Wildman–Crippen MR) is 92.3 cm³/mol. The van der Waals surface area contributed by atoms with E-state index in [-0.39, 0.29) is 5.97 Å². The van der Waals surface area contributed by atoms with Crippen LogP contribution in [0.4, 0.5) is 0 Å². The molecule has 0 atom stereocenters. The van der Waals surface area contributed by atoms with Gasteiger partial charge in [-0.05, 0) is 31.0 Å². The highest BCUT2D eigenvalue weighted by molar-refractivity contribution is 6.30. The fraction of sp³-hybridized carbons (Fsp3) is 0.278. The average molecular weight is 342 g/mol. The molecule has 0 bridgehead atoms. The first kappa shape index (κ1) is 15.1. The first-order valence-corrected chi connectivity index (χ1v) is 8.18. The number of esters is 1. The van der Waals surface area contributed by atoms with Gasteiger partial charge in [0.25, 0.3) is 0 Å². The zero-order chi connectivity index (χ0) is 16.8. The number of methoxy groups -OCH3 is 1. The van der Waals surface area contributed by atoms with Crippen molar-refractivity contribution in [2.45, 2.75) is 18.8 Å². The maximum absolute atomic E-state index is 12.4. The number of nitrogens with zero attached hydrogens (tertiary/aromatic N) is 3. The van der Waals surface area contributed by atoms with E-state index in [0.29, 0.717) is 27.8 Å². The second-order valence-electron chi connectivity index (χ2n) is 6.04. The third kappa shape index (κ3) is 2.45. The second kappa shape index (κ2) is 5.60. The summed E-state index contributed by atoms with van der Waals surface area (Å²) in [5.74, 6) is 0.0489. The van der Waals surface area contributed by atoms with Crippen molar-refractivity contribution in [2.75, 3.05) is 7.11 Å². The summed E-state index contributed by atoms with van der Waals surface area (Å²) in [6.07, 6.45) is 2.21. The summed E-state index contributed by atoms with van der Waals surface area (Å²) in [7, 11) is 3.25. The second-order valence-corrected chi connectivity index (χ2v) is 6.47. The van der Waals surface area contributed by atoms with E-state index < -0.39 is 0 Å². The van der Waals surface area contributed by atoms with Gasteiger partial charge >= 0.3 is 5.97 Å². The van der Waals surface area contributed by atoms with Crippen LogP contribution in [0.3, 0.4) is 0 Å². The Labute approximate surface area is 144 Å². The van der Waals surface area contributed by atoms with E-state index in [4.69, 9.17) is 21.3 Å². The minimum absolute atomic E-state index is 0.368. The lowest BCUT2D eigenvalue weighted by molar-refractivity contribution is 0.0603. The number of carbonyl (C=O) groups excluding carboxylic acids is 1. The number of benzene rings is 1. The van der Waals surface area contributed by atoms with E-state index in [0.717, 1.165) is 29.5 Å². The lowest BCUT2D eigenvalue weighted by atomic mass is 10.0. The molecule has 0 saturated heterocycles. The first-order chi connectivity index (χ1) is 11.6. The number of halogens is 1. The van der Waals surface area contributed by atoms with Crippen LogP contribution in [0.25, 0.3) is 22.3 Å². The zero-order valence-corrected chi connectivity index (χ0v) is 14.2. The Kier molecular flexibility index (Phi) is 3.53. The summed E-state index contributed by atoms with van der Waals surface area (Å²) < 4.78 is 6.74. The Hall–Kier alpha value is -2.40. The molecule has 24 heavy (non-hydrogen) atoms. The van der Waals surface area contributed by atoms with Gasteiger partial charge in [-0.15, -0.1) is 0 Å². The number of ether oxygens (including phenoxy) is 1. The molecule has 4 rings (SSSR count). The number of carbonyl (C=O) groups is 1. The summed E-state index contributed by atoms with van der Waals surface area (Å²) in [4.78, 5) is 17.1. The van der Waals surface area contributed by atoms with Gasteiger partial charge in [0.15, 0.2) is 5.65 Å². The van der Waals surface area contributed by atoms with Crippen LogP contribution in [-0.2, 0) is 11.8 Å². The SMILES string of the molecule is COC(=O)c1cc(-c2ccc(Cl)cc2)nc2c1c(C1CC1)nn2C. The van der Waals surface area contributed by atoms with Gasteiger partial charge < -0.3 is 4.74 Å². The molecule has 6 heteroatoms. The Bertz CT molecular complexity index is 943. The van der Waals surface area contributed by atoms with Gasteiger partial charge in [-0.1, -0.05) is 23.7 Å². The van der Waals surface area contributed by atoms with E-state index >= 15 is 0 Å². The number of pyridine rings is 1. The number of hydrogen-bond acceptors (Lipinski definition) is 4. The molecule has 2 heterocycles. The summed E-state index contributed by atoms with van der Waals surface area (Å²) in [5, 5.41) is 6.07. The van der Waals surface area contributed by atoms with E-state index in [1.165, 1.54) is 7.11 Å². The van der Waals surface area contributed by atoms with Gasteiger partial charge in [0.1, 0.15) is 0 Å². The topological polar surface area (TPSA) is 57.0 Å². The number of rotatable bonds is 3. The highest BCUT2D eigenvalue weighted by Gasteiger charge is 2.32. The quantitative estimate of drug-likeness (QED) is 0.677. The fourth-order valence-corrected chi connectivity index (χ4v) is 3.09. The van der Waals surface area contributed by atoms with E-state index in [1.807, 2.05) is 19.2 Å². The van der Waals surface area contributed by atoms with Crippen molar-refractivity contribution >= 4 is 28.6 Å². The van der Waals surface area contributed by atoms with E-state index in [1.54, 1.807) is 22.9 Å². The van der Waals surface area contributed by atoms with Crippen LogP contribution >= 0.6 is 11.6 Å². The van der Waals surface area contributed by atoms with Crippen LogP contribution in [0.1, 0.15) is 34.8 Å². The van der Waals surface area contributed by atoms with Crippen LogP contribution in [0, 0.1) is 0 Å². The van der Waals surface area contributed by atoms with Gasteiger partial charge in [-0.3, -0.25) is 4.68 Å². The third-order valence-corrected chi connectivity index (χ3v) is 4.58. The molecule has 1 aromatic carbocycles. The molecule has 0 unspecified atom stereocenters. The van der Waals surface area contributed by atoms with Crippen molar-refractivity contribution in [3.63, 3.8) is 0 Å².